The molecule has 1 saturated heterocycles. The van der Waals surface area contributed by atoms with E-state index in [0.29, 0.717) is 18.7 Å². The minimum Gasteiger partial charge on any atom is -0.395 e. The summed E-state index contributed by atoms with van der Waals surface area (Å²) in [5.41, 5.74) is 0.899. The van der Waals surface area contributed by atoms with Gasteiger partial charge in [0, 0.05) is 18.3 Å². The van der Waals surface area contributed by atoms with Crippen molar-refractivity contribution in [3.63, 3.8) is 0 Å². The minimum absolute atomic E-state index is 0.0812. The summed E-state index contributed by atoms with van der Waals surface area (Å²) >= 11 is 0. The molecule has 1 amide bonds. The summed E-state index contributed by atoms with van der Waals surface area (Å²) in [6.45, 7) is 0.219. The Morgan fingerprint density at radius 1 is 1.03 bits per heavy atom. The van der Waals surface area contributed by atoms with Crippen LogP contribution in [0.2, 0.25) is 0 Å². The van der Waals surface area contributed by atoms with Gasteiger partial charge in [-0.25, -0.2) is 8.42 Å². The molecule has 1 aliphatic carbocycles. The molecule has 1 aliphatic heterocycles. The number of carbonyl (C=O) groups is 1. The number of anilines is 1. The predicted octanol–water partition coefficient (Wildman–Crippen LogP) is 3.67. The van der Waals surface area contributed by atoms with Gasteiger partial charge >= 0.3 is 0 Å². The number of amides is 1. The molecule has 0 bridgehead atoms. The molecule has 2 fully saturated rings. The molecule has 1 atom stereocenters. The molecule has 31 heavy (non-hydrogen) atoms. The molecular weight excluding hydrogens is 412 g/mol. The molecule has 6 nitrogen and oxygen atoms in total. The van der Waals surface area contributed by atoms with E-state index in [-0.39, 0.29) is 23.5 Å². The molecule has 2 aromatic rings. The molecule has 0 unspecified atom stereocenters. The molecule has 7 heteroatoms. The van der Waals surface area contributed by atoms with E-state index >= 15 is 0 Å². The maximum atomic E-state index is 13.5. The smallest absolute Gasteiger partial charge is 0.243 e. The van der Waals surface area contributed by atoms with Crippen LogP contribution in [0.1, 0.15) is 50.5 Å². The first-order valence-corrected chi connectivity index (χ1v) is 12.5. The van der Waals surface area contributed by atoms with Crippen LogP contribution in [0.25, 0.3) is 0 Å². The number of hydrogen-bond acceptors (Lipinski definition) is 4. The molecule has 4 rings (SSSR count). The number of nitrogens with zero attached hydrogens (tertiary/aromatic N) is 1. The minimum atomic E-state index is -3.73. The van der Waals surface area contributed by atoms with Crippen LogP contribution in [-0.4, -0.2) is 42.9 Å². The molecule has 1 heterocycles. The third-order valence-corrected chi connectivity index (χ3v) is 8.65. The number of sulfonamides is 1. The van der Waals surface area contributed by atoms with Gasteiger partial charge in [-0.2, -0.15) is 4.31 Å². The van der Waals surface area contributed by atoms with Gasteiger partial charge in [0.25, 0.3) is 0 Å². The first-order valence-electron chi connectivity index (χ1n) is 11.1. The Morgan fingerprint density at radius 2 is 1.77 bits per heavy atom. The van der Waals surface area contributed by atoms with Crippen LogP contribution in [-0.2, 0) is 20.2 Å². The van der Waals surface area contributed by atoms with Crippen LogP contribution in [0.5, 0.6) is 0 Å². The van der Waals surface area contributed by atoms with Crippen molar-refractivity contribution in [2.24, 2.45) is 0 Å². The van der Waals surface area contributed by atoms with E-state index in [4.69, 9.17) is 0 Å². The molecule has 2 aliphatic rings. The van der Waals surface area contributed by atoms with Crippen molar-refractivity contribution in [1.82, 2.24) is 4.31 Å². The average molecular weight is 443 g/mol. The van der Waals surface area contributed by atoms with E-state index in [0.717, 1.165) is 44.1 Å². The molecule has 1 saturated carbocycles. The summed E-state index contributed by atoms with van der Waals surface area (Å²) in [5, 5.41) is 12.5. The molecule has 2 aromatic carbocycles. The standard InChI is InChI=1S/C24H30N2O4S/c27-18-21-12-8-16-26(21)31(29,30)22-13-7-11-20(17-22)25-23(28)24(14-5-2-6-15-24)19-9-3-1-4-10-19/h1,3-4,7,9-11,13,17,21,27H,2,5-6,8,12,14-16,18H2,(H,25,28)/t21-/m1/s1. The van der Waals surface area contributed by atoms with E-state index in [9.17, 15) is 18.3 Å². The number of benzene rings is 2. The largest absolute Gasteiger partial charge is 0.395 e. The Hall–Kier alpha value is -2.22. The Balaban J connectivity index is 1.60. The van der Waals surface area contributed by atoms with Gasteiger partial charge in [-0.1, -0.05) is 55.7 Å². The van der Waals surface area contributed by atoms with Gasteiger partial charge in [0.05, 0.1) is 16.9 Å². The molecular formula is C24H30N2O4S. The lowest BCUT2D eigenvalue weighted by Gasteiger charge is -2.36. The summed E-state index contributed by atoms with van der Waals surface area (Å²) < 4.78 is 27.6. The van der Waals surface area contributed by atoms with E-state index in [1.807, 2.05) is 30.3 Å². The van der Waals surface area contributed by atoms with Gasteiger partial charge in [0.1, 0.15) is 0 Å². The molecule has 0 radical (unpaired) electrons. The zero-order chi connectivity index (χ0) is 21.9. The van der Waals surface area contributed by atoms with E-state index in [1.54, 1.807) is 18.2 Å². The number of aliphatic hydroxyl groups is 1. The van der Waals surface area contributed by atoms with Crippen molar-refractivity contribution >= 4 is 21.6 Å². The molecule has 2 N–H and O–H groups in total. The lowest BCUT2D eigenvalue weighted by molar-refractivity contribution is -0.122. The fourth-order valence-electron chi connectivity index (χ4n) is 4.99. The number of nitrogens with one attached hydrogen (secondary N) is 1. The van der Waals surface area contributed by atoms with Crippen molar-refractivity contribution in [1.29, 1.82) is 0 Å². The Kier molecular flexibility index (Phi) is 6.46. The summed E-state index contributed by atoms with van der Waals surface area (Å²) in [5.74, 6) is -0.0812. The van der Waals surface area contributed by atoms with Crippen LogP contribution < -0.4 is 5.32 Å². The third-order valence-electron chi connectivity index (χ3n) is 6.70. The Bertz CT molecular complexity index is 1020. The second-order valence-corrected chi connectivity index (χ2v) is 10.5. The second-order valence-electron chi connectivity index (χ2n) is 8.59. The van der Waals surface area contributed by atoms with Gasteiger partial charge in [-0.15, -0.1) is 0 Å². The van der Waals surface area contributed by atoms with Crippen molar-refractivity contribution in [2.75, 3.05) is 18.5 Å². The zero-order valence-electron chi connectivity index (χ0n) is 17.7. The lowest BCUT2D eigenvalue weighted by atomic mass is 9.68. The van der Waals surface area contributed by atoms with Crippen LogP contribution in [0.15, 0.2) is 59.5 Å². The maximum Gasteiger partial charge on any atom is 0.243 e. The zero-order valence-corrected chi connectivity index (χ0v) is 18.5. The fraction of sp³-hybridized carbons (Fsp3) is 0.458. The van der Waals surface area contributed by atoms with Gasteiger partial charge in [0.2, 0.25) is 15.9 Å². The monoisotopic (exact) mass is 442 g/mol. The number of carbonyl (C=O) groups excluding carboxylic acids is 1. The van der Waals surface area contributed by atoms with E-state index in [2.05, 4.69) is 5.32 Å². The highest BCUT2D eigenvalue weighted by Crippen LogP contribution is 2.40. The van der Waals surface area contributed by atoms with Crippen molar-refractivity contribution in [3.8, 4) is 0 Å². The Morgan fingerprint density at radius 3 is 2.48 bits per heavy atom. The average Bonchev–Trinajstić information content (AvgIpc) is 3.30. The highest BCUT2D eigenvalue weighted by Gasteiger charge is 2.41. The summed E-state index contributed by atoms with van der Waals surface area (Å²) in [6, 6.07) is 16.0. The molecule has 0 aromatic heterocycles. The summed E-state index contributed by atoms with van der Waals surface area (Å²) in [4.78, 5) is 13.6. The van der Waals surface area contributed by atoms with Gasteiger partial charge in [-0.3, -0.25) is 4.79 Å². The highest BCUT2D eigenvalue weighted by atomic mass is 32.2. The van der Waals surface area contributed by atoms with Crippen molar-refractivity contribution < 1.29 is 18.3 Å². The van der Waals surface area contributed by atoms with Gasteiger partial charge in [0.15, 0.2) is 0 Å². The lowest BCUT2D eigenvalue weighted by Crippen LogP contribution is -2.42. The quantitative estimate of drug-likeness (QED) is 0.715. The predicted molar refractivity (Wildman–Crippen MR) is 120 cm³/mol. The summed E-state index contributed by atoms with van der Waals surface area (Å²) in [6.07, 6.45) is 6.08. The van der Waals surface area contributed by atoms with Gasteiger partial charge < -0.3 is 10.4 Å². The van der Waals surface area contributed by atoms with E-state index in [1.165, 1.54) is 10.4 Å². The number of rotatable bonds is 6. The molecule has 0 spiro atoms. The number of aliphatic hydroxyl groups excluding tert-OH is 1. The topological polar surface area (TPSA) is 86.7 Å². The SMILES string of the molecule is O=C(Nc1cccc(S(=O)(=O)N2CCC[C@@H]2CO)c1)C1(c2ccccc2)CCCCC1. The summed E-state index contributed by atoms with van der Waals surface area (Å²) in [7, 11) is -3.73. The third kappa shape index (κ3) is 4.27. The van der Waals surface area contributed by atoms with Crippen molar-refractivity contribution in [3.05, 3.63) is 60.2 Å². The fourth-order valence-corrected chi connectivity index (χ4v) is 6.72. The Labute approximate surface area is 184 Å². The van der Waals surface area contributed by atoms with Crippen LogP contribution in [0.3, 0.4) is 0 Å². The number of hydrogen-bond donors (Lipinski definition) is 2. The molecule has 166 valence electrons. The van der Waals surface area contributed by atoms with Crippen LogP contribution in [0, 0.1) is 0 Å². The van der Waals surface area contributed by atoms with Crippen molar-refractivity contribution in [2.45, 2.75) is 61.3 Å². The first-order chi connectivity index (χ1) is 15.0. The normalized spacial score (nSPS) is 21.6. The van der Waals surface area contributed by atoms with Gasteiger partial charge in [-0.05, 0) is 49.4 Å². The second kappa shape index (κ2) is 9.10. The van der Waals surface area contributed by atoms with Crippen LogP contribution in [0.4, 0.5) is 5.69 Å². The van der Waals surface area contributed by atoms with Crippen LogP contribution >= 0.6 is 0 Å². The van der Waals surface area contributed by atoms with E-state index < -0.39 is 15.4 Å². The maximum absolute atomic E-state index is 13.5. The highest BCUT2D eigenvalue weighted by molar-refractivity contribution is 7.89. The first kappa shape index (κ1) is 22.0.